The summed E-state index contributed by atoms with van der Waals surface area (Å²) in [5.74, 6) is -0.0578. The van der Waals surface area contributed by atoms with Gasteiger partial charge in [0, 0.05) is 11.4 Å². The molecule has 0 amide bonds. The van der Waals surface area contributed by atoms with Crippen molar-refractivity contribution in [1.29, 1.82) is 0 Å². The first-order valence-electron chi connectivity index (χ1n) is 10.3. The molecule has 2 heterocycles. The van der Waals surface area contributed by atoms with E-state index in [1.807, 2.05) is 26.2 Å². The molecule has 0 saturated heterocycles. The fourth-order valence-electron chi connectivity index (χ4n) is 3.19. The number of unbranched alkanes of at least 4 members (excludes halogenated alkanes) is 1. The molecule has 32 heavy (non-hydrogen) atoms. The third-order valence-electron chi connectivity index (χ3n) is 5.39. The molecule has 1 unspecified atom stereocenters. The summed E-state index contributed by atoms with van der Waals surface area (Å²) in [6.07, 6.45) is 4.77. The van der Waals surface area contributed by atoms with Gasteiger partial charge in [-0.1, -0.05) is 33.6 Å². The van der Waals surface area contributed by atoms with Gasteiger partial charge in [0.1, 0.15) is 23.6 Å². The van der Waals surface area contributed by atoms with Crippen LogP contribution in [0.25, 0.3) is 22.2 Å². The van der Waals surface area contributed by atoms with Crippen molar-refractivity contribution in [2.45, 2.75) is 59.4 Å². The molecule has 0 aliphatic carbocycles. The topological polar surface area (TPSA) is 95.4 Å². The summed E-state index contributed by atoms with van der Waals surface area (Å²) in [4.78, 5) is 30.0. The van der Waals surface area contributed by atoms with Gasteiger partial charge in [0.25, 0.3) is 0 Å². The first-order valence-corrected chi connectivity index (χ1v) is 11.2. The Kier molecular flexibility index (Phi) is 10.8. The summed E-state index contributed by atoms with van der Waals surface area (Å²) in [6.45, 7) is 7.88. The van der Waals surface area contributed by atoms with E-state index in [0.717, 1.165) is 29.8 Å². The van der Waals surface area contributed by atoms with Crippen LogP contribution in [0.2, 0.25) is 0 Å². The van der Waals surface area contributed by atoms with Gasteiger partial charge in [-0.05, 0) is 37.3 Å². The minimum atomic E-state index is -0.702. The first kappa shape index (κ1) is 28.1. The second-order valence-electron chi connectivity index (χ2n) is 7.62. The van der Waals surface area contributed by atoms with Gasteiger partial charge in [-0.3, -0.25) is 4.79 Å². The highest BCUT2D eigenvalue weighted by molar-refractivity contribution is 7.09. The molecule has 2 atom stereocenters. The summed E-state index contributed by atoms with van der Waals surface area (Å²) in [7, 11) is 0. The Hall–Kier alpha value is -1.93. The van der Waals surface area contributed by atoms with Crippen LogP contribution in [0, 0.1) is 12.8 Å². The first-order chi connectivity index (χ1) is 14.3. The van der Waals surface area contributed by atoms with Gasteiger partial charge < -0.3 is 14.9 Å². The lowest BCUT2D eigenvalue weighted by atomic mass is 10.00. The zero-order valence-corrected chi connectivity index (χ0v) is 21.1. The van der Waals surface area contributed by atoms with Crippen LogP contribution in [-0.2, 0) is 11.2 Å². The molecule has 0 radical (unpaired) electrons. The highest BCUT2D eigenvalue weighted by Crippen LogP contribution is 2.29. The molecular weight excluding hydrogens is 471 g/mol. The molecule has 3 aromatic rings. The average molecular weight is 501 g/mol. The molecule has 1 aromatic carbocycles. The van der Waals surface area contributed by atoms with E-state index >= 15 is 0 Å². The Balaban J connectivity index is 0.00000256. The molecule has 2 aromatic heterocycles. The maximum absolute atomic E-state index is 13.1. The van der Waals surface area contributed by atoms with Crippen molar-refractivity contribution in [1.82, 2.24) is 4.98 Å². The number of benzene rings is 1. The molecule has 9 heteroatoms. The maximum atomic E-state index is 13.1. The van der Waals surface area contributed by atoms with E-state index in [2.05, 4.69) is 11.9 Å². The summed E-state index contributed by atoms with van der Waals surface area (Å²) in [5.41, 5.74) is 8.10. The highest BCUT2D eigenvalue weighted by Gasteiger charge is 2.23. The van der Waals surface area contributed by atoms with Gasteiger partial charge in [-0.2, -0.15) is 0 Å². The predicted octanol–water partition coefficient (Wildman–Crippen LogP) is 5.69. The van der Waals surface area contributed by atoms with E-state index < -0.39 is 12.0 Å². The smallest absolute Gasteiger partial charge is 0.328 e. The lowest BCUT2D eigenvalue weighted by molar-refractivity contribution is -0.137. The van der Waals surface area contributed by atoms with E-state index in [1.165, 1.54) is 17.6 Å². The summed E-state index contributed by atoms with van der Waals surface area (Å²) >= 11 is 1.48. The van der Waals surface area contributed by atoms with Crippen LogP contribution < -0.4 is 15.9 Å². The normalized spacial score (nSPS) is 12.5. The van der Waals surface area contributed by atoms with Gasteiger partial charge in [-0.25, -0.2) is 9.78 Å². The second kappa shape index (κ2) is 12.3. The number of esters is 1. The van der Waals surface area contributed by atoms with Gasteiger partial charge in [0.15, 0.2) is 0 Å². The fourth-order valence-corrected chi connectivity index (χ4v) is 3.80. The van der Waals surface area contributed by atoms with Gasteiger partial charge >= 0.3 is 5.97 Å². The molecule has 0 aliphatic rings. The van der Waals surface area contributed by atoms with Crippen LogP contribution in [0.5, 0.6) is 5.75 Å². The van der Waals surface area contributed by atoms with Crippen LogP contribution >= 0.6 is 36.2 Å². The number of hydrogen-bond acceptors (Lipinski definition) is 7. The zero-order valence-electron chi connectivity index (χ0n) is 18.7. The third kappa shape index (κ3) is 6.10. The van der Waals surface area contributed by atoms with Crippen molar-refractivity contribution >= 4 is 53.1 Å². The quantitative estimate of drug-likeness (QED) is 0.315. The van der Waals surface area contributed by atoms with E-state index in [4.69, 9.17) is 14.9 Å². The Labute approximate surface area is 204 Å². The lowest BCUT2D eigenvalue weighted by Crippen LogP contribution is -2.39. The summed E-state index contributed by atoms with van der Waals surface area (Å²) in [5, 5.41) is 3.18. The number of aromatic nitrogens is 1. The number of thiazole rings is 1. The molecule has 6 nitrogen and oxygen atoms in total. The summed E-state index contributed by atoms with van der Waals surface area (Å²) in [6, 6.07) is 2.70. The number of ether oxygens (including phenoxy) is 1. The van der Waals surface area contributed by atoms with Crippen molar-refractivity contribution in [3.05, 3.63) is 44.6 Å². The molecule has 3 rings (SSSR count). The standard InChI is InChI=1S/C23H28N2O4S.2ClH/c1-5-7-8-15-9-16-20(10-19(15)29-23(27)21(24)13(3)6-2)28-11-17(22(16)26)18-12-30-14(4)25-18;;/h9-13,21H,5-8,24H2,1-4H3;2*1H/t13?,21-;;/m1../s1. The average Bonchev–Trinajstić information content (AvgIpc) is 3.17. The fraction of sp³-hybridized carbons (Fsp3) is 0.435. The van der Waals surface area contributed by atoms with Crippen LogP contribution in [0.3, 0.4) is 0 Å². The van der Waals surface area contributed by atoms with Crippen LogP contribution in [-0.4, -0.2) is 17.0 Å². The largest absolute Gasteiger partial charge is 0.463 e. The van der Waals surface area contributed by atoms with Crippen molar-refractivity contribution in [2.75, 3.05) is 0 Å². The predicted molar refractivity (Wildman–Crippen MR) is 135 cm³/mol. The Morgan fingerprint density at radius 3 is 2.59 bits per heavy atom. The Morgan fingerprint density at radius 2 is 2.00 bits per heavy atom. The number of nitrogens with zero attached hydrogens (tertiary/aromatic N) is 1. The monoisotopic (exact) mass is 500 g/mol. The van der Waals surface area contributed by atoms with Crippen LogP contribution in [0.4, 0.5) is 0 Å². The minimum absolute atomic E-state index is 0. The van der Waals surface area contributed by atoms with E-state index in [0.29, 0.717) is 34.4 Å². The third-order valence-corrected chi connectivity index (χ3v) is 6.16. The molecular formula is C23H30Cl2N2O4S. The van der Waals surface area contributed by atoms with E-state index in [-0.39, 0.29) is 36.2 Å². The lowest BCUT2D eigenvalue weighted by Gasteiger charge is -2.18. The number of halogens is 2. The minimum Gasteiger partial charge on any atom is -0.463 e. The van der Waals surface area contributed by atoms with Crippen molar-refractivity contribution in [3.8, 4) is 17.0 Å². The zero-order chi connectivity index (χ0) is 21.8. The number of fused-ring (bicyclic) bond motifs is 1. The van der Waals surface area contributed by atoms with E-state index in [9.17, 15) is 9.59 Å². The number of aryl methyl sites for hydroxylation is 2. The van der Waals surface area contributed by atoms with Gasteiger partial charge in [-0.15, -0.1) is 36.2 Å². The van der Waals surface area contributed by atoms with Gasteiger partial charge in [0.2, 0.25) is 5.43 Å². The SMILES string of the molecule is CCCCc1cc2c(=O)c(-c3csc(C)n3)coc2cc1OC(=O)[C@H](N)C(C)CC.Cl.Cl. The molecule has 2 N–H and O–H groups in total. The Bertz CT molecular complexity index is 1110. The molecule has 0 aliphatic heterocycles. The van der Waals surface area contributed by atoms with E-state index in [1.54, 1.807) is 12.1 Å². The number of carbonyl (C=O) groups is 1. The van der Waals surface area contributed by atoms with Crippen LogP contribution in [0.15, 0.2) is 33.0 Å². The summed E-state index contributed by atoms with van der Waals surface area (Å²) < 4.78 is 11.4. The number of carbonyl (C=O) groups excluding carboxylic acids is 1. The number of hydrogen-bond donors (Lipinski definition) is 1. The number of nitrogens with two attached hydrogens (primary N) is 1. The maximum Gasteiger partial charge on any atom is 0.328 e. The van der Waals surface area contributed by atoms with Crippen molar-refractivity contribution < 1.29 is 13.9 Å². The van der Waals surface area contributed by atoms with Crippen molar-refractivity contribution in [2.24, 2.45) is 11.7 Å². The molecule has 0 bridgehead atoms. The highest BCUT2D eigenvalue weighted by atomic mass is 35.5. The van der Waals surface area contributed by atoms with Crippen LogP contribution in [0.1, 0.15) is 50.6 Å². The van der Waals surface area contributed by atoms with Crippen molar-refractivity contribution in [3.63, 3.8) is 0 Å². The number of rotatable bonds is 8. The molecule has 0 fully saturated rings. The van der Waals surface area contributed by atoms with Gasteiger partial charge in [0.05, 0.1) is 21.7 Å². The molecule has 176 valence electrons. The second-order valence-corrected chi connectivity index (χ2v) is 8.68. The Morgan fingerprint density at radius 1 is 1.28 bits per heavy atom. The molecule has 0 spiro atoms. The molecule has 0 saturated carbocycles.